The van der Waals surface area contributed by atoms with E-state index in [1.807, 2.05) is 25.1 Å². The molecule has 33 heavy (non-hydrogen) atoms. The summed E-state index contributed by atoms with van der Waals surface area (Å²) in [4.78, 5) is 12.7. The van der Waals surface area contributed by atoms with Gasteiger partial charge in [-0.1, -0.05) is 36.2 Å². The van der Waals surface area contributed by atoms with Crippen molar-refractivity contribution in [2.45, 2.75) is 62.4 Å². The number of thioether (sulfide) groups is 1. The number of aryl methyl sites for hydroxylation is 1. The van der Waals surface area contributed by atoms with Crippen molar-refractivity contribution in [1.82, 2.24) is 19.9 Å². The lowest BCUT2D eigenvalue weighted by atomic mass is 9.95. The third-order valence-corrected chi connectivity index (χ3v) is 6.83. The highest BCUT2D eigenvalue weighted by Crippen LogP contribution is 2.38. The van der Waals surface area contributed by atoms with Crippen molar-refractivity contribution in [3.63, 3.8) is 0 Å². The molecule has 4 rings (SSSR count). The topological polar surface area (TPSA) is 104 Å². The highest BCUT2D eigenvalue weighted by Gasteiger charge is 2.27. The number of aromatic nitrogens is 4. The van der Waals surface area contributed by atoms with Crippen LogP contribution in [-0.4, -0.2) is 45.3 Å². The summed E-state index contributed by atoms with van der Waals surface area (Å²) in [6.07, 6.45) is 5.69. The molecule has 10 heteroatoms. The monoisotopic (exact) mass is 471 g/mol. The van der Waals surface area contributed by atoms with Gasteiger partial charge in [0.15, 0.2) is 28.3 Å². The lowest BCUT2D eigenvalue weighted by Gasteiger charge is -2.26. The summed E-state index contributed by atoms with van der Waals surface area (Å²) in [5.41, 5.74) is 0.896. The maximum absolute atomic E-state index is 12.7. The van der Waals surface area contributed by atoms with Gasteiger partial charge >= 0.3 is 0 Å². The first-order valence-electron chi connectivity index (χ1n) is 11.1. The maximum atomic E-state index is 12.7. The van der Waals surface area contributed by atoms with Gasteiger partial charge in [0.05, 0.1) is 19.5 Å². The van der Waals surface area contributed by atoms with Gasteiger partial charge in [-0.05, 0) is 44.9 Å². The molecule has 0 aliphatic heterocycles. The van der Waals surface area contributed by atoms with E-state index in [1.54, 1.807) is 27.2 Å². The number of methoxy groups -OCH3 is 2. The largest absolute Gasteiger partial charge is 0.493 e. The number of benzene rings is 1. The van der Waals surface area contributed by atoms with E-state index < -0.39 is 5.25 Å². The maximum Gasteiger partial charge on any atom is 0.238 e. The highest BCUT2D eigenvalue weighted by molar-refractivity contribution is 8.00. The van der Waals surface area contributed by atoms with Gasteiger partial charge in [-0.25, -0.2) is 0 Å². The van der Waals surface area contributed by atoms with Crippen molar-refractivity contribution < 1.29 is 18.8 Å². The molecule has 1 amide bonds. The zero-order chi connectivity index (χ0) is 23.4. The van der Waals surface area contributed by atoms with E-state index in [0.717, 1.165) is 29.4 Å². The van der Waals surface area contributed by atoms with Gasteiger partial charge in [0.2, 0.25) is 5.91 Å². The van der Waals surface area contributed by atoms with E-state index in [1.165, 1.54) is 31.0 Å². The molecule has 1 aromatic carbocycles. The predicted octanol–water partition coefficient (Wildman–Crippen LogP) is 4.88. The van der Waals surface area contributed by atoms with Gasteiger partial charge in [0.1, 0.15) is 5.76 Å². The average molecular weight is 472 g/mol. The van der Waals surface area contributed by atoms with Crippen molar-refractivity contribution >= 4 is 23.5 Å². The Bertz CT molecular complexity index is 1110. The number of ether oxygens (including phenoxy) is 2. The minimum Gasteiger partial charge on any atom is -0.493 e. The molecule has 176 valence electrons. The van der Waals surface area contributed by atoms with Crippen molar-refractivity contribution in [2.24, 2.45) is 0 Å². The van der Waals surface area contributed by atoms with Crippen molar-refractivity contribution in [2.75, 3.05) is 19.5 Å². The van der Waals surface area contributed by atoms with Crippen LogP contribution in [0.1, 0.15) is 50.8 Å². The Balaban J connectivity index is 1.63. The third kappa shape index (κ3) is 5.16. The predicted molar refractivity (Wildman–Crippen MR) is 126 cm³/mol. The average Bonchev–Trinajstić information content (AvgIpc) is 3.44. The van der Waals surface area contributed by atoms with Crippen LogP contribution in [0.4, 0.5) is 5.82 Å². The van der Waals surface area contributed by atoms with Gasteiger partial charge in [-0.3, -0.25) is 9.36 Å². The molecular weight excluding hydrogens is 442 g/mol. The molecule has 2 aromatic heterocycles. The molecular formula is C23H29N5O4S. The molecule has 2 heterocycles. The summed E-state index contributed by atoms with van der Waals surface area (Å²) < 4.78 is 18.1. The van der Waals surface area contributed by atoms with E-state index in [9.17, 15) is 4.79 Å². The summed E-state index contributed by atoms with van der Waals surface area (Å²) in [6, 6.07) is 7.72. The molecule has 1 aliphatic rings. The summed E-state index contributed by atoms with van der Waals surface area (Å²) >= 11 is 1.39. The number of carbonyl (C=O) groups is 1. The van der Waals surface area contributed by atoms with E-state index >= 15 is 0 Å². The molecule has 0 radical (unpaired) electrons. The fourth-order valence-electron chi connectivity index (χ4n) is 4.06. The molecule has 1 atom stereocenters. The molecule has 1 fully saturated rings. The number of carbonyl (C=O) groups excluding carboxylic acids is 1. The van der Waals surface area contributed by atoms with Crippen LogP contribution in [0, 0.1) is 6.92 Å². The van der Waals surface area contributed by atoms with Gasteiger partial charge in [0.25, 0.3) is 0 Å². The molecule has 9 nitrogen and oxygen atoms in total. The van der Waals surface area contributed by atoms with E-state index in [0.29, 0.717) is 23.1 Å². The first-order chi connectivity index (χ1) is 16.0. The van der Waals surface area contributed by atoms with Crippen LogP contribution in [0.2, 0.25) is 0 Å². The van der Waals surface area contributed by atoms with Crippen LogP contribution in [0.3, 0.4) is 0 Å². The molecule has 1 N–H and O–H groups in total. The first kappa shape index (κ1) is 23.2. The Hall–Kier alpha value is -3.01. The minimum absolute atomic E-state index is 0.167. The number of nitrogens with zero attached hydrogens (tertiary/aromatic N) is 4. The van der Waals surface area contributed by atoms with E-state index in [-0.39, 0.29) is 11.9 Å². The summed E-state index contributed by atoms with van der Waals surface area (Å²) in [7, 11) is 3.23. The zero-order valence-electron chi connectivity index (χ0n) is 19.3. The number of hydrogen-bond donors (Lipinski definition) is 1. The Morgan fingerprint density at radius 3 is 2.58 bits per heavy atom. The second kappa shape index (κ2) is 10.3. The normalized spacial score (nSPS) is 15.3. The Morgan fingerprint density at radius 2 is 1.91 bits per heavy atom. The molecule has 0 spiro atoms. The van der Waals surface area contributed by atoms with Crippen molar-refractivity contribution in [3.8, 4) is 22.9 Å². The molecule has 1 aliphatic carbocycles. The van der Waals surface area contributed by atoms with Gasteiger partial charge in [-0.2, -0.15) is 0 Å². The number of anilines is 1. The number of amides is 1. The molecule has 1 saturated carbocycles. The Labute approximate surface area is 197 Å². The Kier molecular flexibility index (Phi) is 7.22. The van der Waals surface area contributed by atoms with Gasteiger partial charge in [-0.15, -0.1) is 10.2 Å². The second-order valence-corrected chi connectivity index (χ2v) is 9.42. The number of rotatable bonds is 8. The minimum atomic E-state index is -0.396. The fraction of sp³-hybridized carbons (Fsp3) is 0.478. The first-order valence-corrected chi connectivity index (χ1v) is 12.0. The highest BCUT2D eigenvalue weighted by atomic mass is 32.2. The molecule has 0 saturated heterocycles. The Morgan fingerprint density at radius 1 is 1.15 bits per heavy atom. The van der Waals surface area contributed by atoms with Crippen molar-refractivity contribution in [3.05, 3.63) is 30.0 Å². The third-order valence-electron chi connectivity index (χ3n) is 5.78. The molecule has 3 aromatic rings. The van der Waals surface area contributed by atoms with E-state index in [2.05, 4.69) is 25.2 Å². The van der Waals surface area contributed by atoms with Crippen LogP contribution in [0.15, 0.2) is 33.9 Å². The van der Waals surface area contributed by atoms with Crippen LogP contribution >= 0.6 is 11.8 Å². The van der Waals surface area contributed by atoms with Crippen molar-refractivity contribution in [1.29, 1.82) is 0 Å². The lowest BCUT2D eigenvalue weighted by Crippen LogP contribution is -2.23. The van der Waals surface area contributed by atoms with Crippen LogP contribution in [0.5, 0.6) is 11.5 Å². The summed E-state index contributed by atoms with van der Waals surface area (Å²) in [5.74, 6) is 2.95. The molecule has 1 unspecified atom stereocenters. The number of nitrogens with one attached hydrogen (secondary N) is 1. The zero-order valence-corrected chi connectivity index (χ0v) is 20.1. The lowest BCUT2D eigenvalue weighted by molar-refractivity contribution is -0.115. The van der Waals surface area contributed by atoms with Gasteiger partial charge < -0.3 is 19.3 Å². The quantitative estimate of drug-likeness (QED) is 0.463. The van der Waals surface area contributed by atoms with Crippen LogP contribution in [0.25, 0.3) is 11.4 Å². The van der Waals surface area contributed by atoms with Crippen LogP contribution < -0.4 is 14.8 Å². The molecule has 0 bridgehead atoms. The second-order valence-electron chi connectivity index (χ2n) is 8.11. The summed E-state index contributed by atoms with van der Waals surface area (Å²) in [5, 5.41) is 16.0. The SMILES string of the molecule is COc1ccc(-c2nnc(SC(C)C(=O)Nc3cc(C)on3)n2C2CCCCC2)cc1OC. The van der Waals surface area contributed by atoms with Crippen LogP contribution in [-0.2, 0) is 4.79 Å². The fourth-order valence-corrected chi connectivity index (χ4v) is 4.98. The number of hydrogen-bond acceptors (Lipinski definition) is 8. The standard InChI is InChI=1S/C23H29N5O4S/c1-14-12-20(27-32-14)24-22(29)15(2)33-23-26-25-21(28(23)17-8-6-5-7-9-17)16-10-11-18(30-3)19(13-16)31-4/h10-13,15,17H,5-9H2,1-4H3,(H,24,27,29). The van der Waals surface area contributed by atoms with Gasteiger partial charge in [0, 0.05) is 17.7 Å². The smallest absolute Gasteiger partial charge is 0.238 e. The summed E-state index contributed by atoms with van der Waals surface area (Å²) in [6.45, 7) is 3.63. The van der Waals surface area contributed by atoms with E-state index in [4.69, 9.17) is 14.0 Å².